The van der Waals surface area contributed by atoms with E-state index in [0.717, 1.165) is 22.5 Å². The summed E-state index contributed by atoms with van der Waals surface area (Å²) in [6.45, 7) is 2.15. The summed E-state index contributed by atoms with van der Waals surface area (Å²) in [5.41, 5.74) is 3.78. The van der Waals surface area contributed by atoms with Crippen LogP contribution in [-0.2, 0) is 6.61 Å². The number of carbonyl (C=O) groups is 2. The zero-order chi connectivity index (χ0) is 28.5. The fraction of sp³-hybridized carbons (Fsp3) is 0.0667. The molecule has 202 valence electrons. The minimum Gasteiger partial charge on any atom is -0.488 e. The average molecular weight is 564 g/mol. The van der Waals surface area contributed by atoms with Crippen LogP contribution in [0.5, 0.6) is 17.2 Å². The lowest BCUT2D eigenvalue weighted by Crippen LogP contribution is -2.34. The molecule has 3 amide bonds. The molecule has 0 bridgehead atoms. The third-order valence-corrected chi connectivity index (χ3v) is 7.42. The Morgan fingerprint density at radius 1 is 1.10 bits per heavy atom. The summed E-state index contributed by atoms with van der Waals surface area (Å²) in [5.74, 6) is 1.71. The van der Waals surface area contributed by atoms with Gasteiger partial charge in [-0.15, -0.1) is 0 Å². The Bertz CT molecular complexity index is 1880. The van der Waals surface area contributed by atoms with Gasteiger partial charge in [0.1, 0.15) is 39.8 Å². The number of thiophene rings is 1. The van der Waals surface area contributed by atoms with Crippen LogP contribution in [0, 0.1) is 18.3 Å². The van der Waals surface area contributed by atoms with Crippen LogP contribution in [-0.4, -0.2) is 22.2 Å². The van der Waals surface area contributed by atoms with Crippen molar-refractivity contribution in [2.75, 3.05) is 15.5 Å². The van der Waals surface area contributed by atoms with Gasteiger partial charge in [-0.2, -0.15) is 5.26 Å². The van der Waals surface area contributed by atoms with E-state index in [2.05, 4.69) is 21.7 Å². The number of pyridine rings is 1. The summed E-state index contributed by atoms with van der Waals surface area (Å²) in [6, 6.07) is 23.4. The van der Waals surface area contributed by atoms with E-state index in [-0.39, 0.29) is 6.61 Å². The third-order valence-electron chi connectivity index (χ3n) is 6.41. The molecule has 1 aliphatic rings. The van der Waals surface area contributed by atoms with E-state index in [1.165, 1.54) is 0 Å². The minimum absolute atomic E-state index is 0.270. The van der Waals surface area contributed by atoms with Crippen molar-refractivity contribution in [1.82, 2.24) is 4.98 Å². The van der Waals surface area contributed by atoms with Crippen LogP contribution in [0.2, 0.25) is 0 Å². The number of hydrogen-bond donors (Lipinski definition) is 3. The lowest BCUT2D eigenvalue weighted by molar-refractivity contribution is 0.210. The van der Waals surface area contributed by atoms with Gasteiger partial charge in [-0.3, -0.25) is 10.2 Å². The summed E-state index contributed by atoms with van der Waals surface area (Å²) < 4.78 is 12.0. The number of urea groups is 1. The van der Waals surface area contributed by atoms with Crippen molar-refractivity contribution in [3.05, 3.63) is 95.7 Å². The van der Waals surface area contributed by atoms with Crippen molar-refractivity contribution >= 4 is 55.7 Å². The lowest BCUT2D eigenvalue weighted by atomic mass is 10.1. The molecule has 0 saturated heterocycles. The van der Waals surface area contributed by atoms with Crippen LogP contribution in [0.4, 0.5) is 31.7 Å². The van der Waals surface area contributed by atoms with Crippen LogP contribution in [0.25, 0.3) is 10.2 Å². The number of carboxylic acid groups (broad SMARTS) is 1. The number of aromatic nitrogens is 1. The normalized spacial score (nSPS) is 12.0. The highest BCUT2D eigenvalue weighted by Gasteiger charge is 2.32. The van der Waals surface area contributed by atoms with Crippen molar-refractivity contribution in [2.24, 2.45) is 0 Å². The molecule has 10 nitrogen and oxygen atoms in total. The Morgan fingerprint density at radius 3 is 2.73 bits per heavy atom. The Kier molecular flexibility index (Phi) is 6.58. The van der Waals surface area contributed by atoms with Crippen molar-refractivity contribution in [3.8, 4) is 23.3 Å². The molecule has 3 N–H and O–H groups in total. The molecule has 0 unspecified atom stereocenters. The van der Waals surface area contributed by atoms with Gasteiger partial charge in [0.05, 0.1) is 28.0 Å². The SMILES string of the molecule is Cc1cc(Oc2cccc(COc3ccccc3C#N)c2)ccc1N1C(=O)Nc2c(NC(=O)O)sc3nccc1c23. The van der Waals surface area contributed by atoms with E-state index in [4.69, 9.17) is 9.47 Å². The van der Waals surface area contributed by atoms with Gasteiger partial charge in [-0.1, -0.05) is 35.6 Å². The van der Waals surface area contributed by atoms with E-state index >= 15 is 0 Å². The number of ether oxygens (including phenoxy) is 2. The summed E-state index contributed by atoms with van der Waals surface area (Å²) >= 11 is 1.16. The first-order chi connectivity index (χ1) is 19.9. The van der Waals surface area contributed by atoms with Gasteiger partial charge >= 0.3 is 12.1 Å². The highest BCUT2D eigenvalue weighted by molar-refractivity contribution is 7.23. The molecule has 0 atom stereocenters. The highest BCUT2D eigenvalue weighted by Crippen LogP contribution is 2.48. The molecule has 1 aliphatic heterocycles. The van der Waals surface area contributed by atoms with E-state index in [1.807, 2.05) is 43.3 Å². The average Bonchev–Trinajstić information content (AvgIpc) is 3.30. The van der Waals surface area contributed by atoms with Crippen molar-refractivity contribution in [2.45, 2.75) is 13.5 Å². The number of nitrogens with one attached hydrogen (secondary N) is 2. The molecule has 6 rings (SSSR count). The maximum absolute atomic E-state index is 13.3. The highest BCUT2D eigenvalue weighted by atomic mass is 32.1. The number of hydrogen-bond acceptors (Lipinski definition) is 7. The van der Waals surface area contributed by atoms with Gasteiger partial charge in [0.15, 0.2) is 0 Å². The Morgan fingerprint density at radius 2 is 1.93 bits per heavy atom. The van der Waals surface area contributed by atoms with E-state index < -0.39 is 12.1 Å². The zero-order valence-electron chi connectivity index (χ0n) is 21.5. The van der Waals surface area contributed by atoms with Crippen LogP contribution >= 0.6 is 11.3 Å². The molecule has 0 spiro atoms. The largest absolute Gasteiger partial charge is 0.488 e. The predicted octanol–water partition coefficient (Wildman–Crippen LogP) is 7.62. The summed E-state index contributed by atoms with van der Waals surface area (Å²) in [7, 11) is 0. The second-order valence-electron chi connectivity index (χ2n) is 9.11. The molecule has 2 aromatic heterocycles. The molecule has 0 saturated carbocycles. The molecule has 3 aromatic carbocycles. The van der Waals surface area contributed by atoms with Crippen LogP contribution < -0.4 is 25.0 Å². The number of nitriles is 1. The smallest absolute Gasteiger partial charge is 0.409 e. The van der Waals surface area contributed by atoms with Gasteiger partial charge in [0.25, 0.3) is 0 Å². The molecule has 11 heteroatoms. The maximum Gasteiger partial charge on any atom is 0.409 e. The Balaban J connectivity index is 1.24. The van der Waals surface area contributed by atoms with E-state index in [9.17, 15) is 20.0 Å². The molecule has 0 fully saturated rings. The van der Waals surface area contributed by atoms with Crippen LogP contribution in [0.3, 0.4) is 0 Å². The molecule has 0 aliphatic carbocycles. The number of benzene rings is 3. The predicted molar refractivity (Wildman–Crippen MR) is 156 cm³/mol. The van der Waals surface area contributed by atoms with Gasteiger partial charge in [0, 0.05) is 6.20 Å². The number of aryl methyl sites for hydroxylation is 1. The van der Waals surface area contributed by atoms with Crippen molar-refractivity contribution in [3.63, 3.8) is 0 Å². The Labute approximate surface area is 238 Å². The molecule has 0 radical (unpaired) electrons. The molecule has 5 aromatic rings. The van der Waals surface area contributed by atoms with Gasteiger partial charge in [-0.05, 0) is 66.6 Å². The van der Waals surface area contributed by atoms with Crippen molar-refractivity contribution in [1.29, 1.82) is 5.26 Å². The maximum atomic E-state index is 13.3. The molecule has 3 heterocycles. The summed E-state index contributed by atoms with van der Waals surface area (Å²) in [4.78, 5) is 31.0. The molecular formula is C30H21N5O5S. The summed E-state index contributed by atoms with van der Waals surface area (Å²) in [6.07, 6.45) is 0.371. The number of carbonyl (C=O) groups excluding carboxylic acids is 1. The van der Waals surface area contributed by atoms with Crippen molar-refractivity contribution < 1.29 is 24.2 Å². The fourth-order valence-corrected chi connectivity index (χ4v) is 5.64. The third kappa shape index (κ3) is 4.95. The van der Waals surface area contributed by atoms with Crippen LogP contribution in [0.15, 0.2) is 79.0 Å². The number of rotatable bonds is 7. The van der Waals surface area contributed by atoms with Gasteiger partial charge in [-0.25, -0.2) is 14.6 Å². The minimum atomic E-state index is -1.22. The summed E-state index contributed by atoms with van der Waals surface area (Å²) in [5, 5.41) is 24.6. The number of nitrogens with zero attached hydrogens (tertiary/aromatic N) is 3. The number of para-hydroxylation sites is 1. The first-order valence-corrected chi connectivity index (χ1v) is 13.2. The van der Waals surface area contributed by atoms with Gasteiger partial charge in [0.2, 0.25) is 0 Å². The van der Waals surface area contributed by atoms with E-state index in [1.54, 1.807) is 47.5 Å². The lowest BCUT2D eigenvalue weighted by Gasteiger charge is -2.29. The molecular weight excluding hydrogens is 542 g/mol. The first-order valence-electron chi connectivity index (χ1n) is 12.4. The van der Waals surface area contributed by atoms with E-state index in [0.29, 0.717) is 55.1 Å². The standard InChI is InChI=1S/C30H21N5O5S/c1-17-13-21(40-20-7-4-5-18(14-20)16-39-24-8-3-2-6-19(24)15-31)9-10-22(17)35-23-11-12-32-27-25(23)26(33-29(35)36)28(41-27)34-30(37)38/h2-14,34H,16H2,1H3,(H,33,36)(H,37,38). The second kappa shape index (κ2) is 10.5. The monoisotopic (exact) mass is 563 g/mol. The zero-order valence-corrected chi connectivity index (χ0v) is 22.4. The molecule has 41 heavy (non-hydrogen) atoms. The first kappa shape index (κ1) is 25.7. The van der Waals surface area contributed by atoms with Gasteiger partial charge < -0.3 is 19.9 Å². The Hall–Kier alpha value is -5.60. The van der Waals surface area contributed by atoms with Crippen LogP contribution in [0.1, 0.15) is 16.7 Å². The second-order valence-corrected chi connectivity index (χ2v) is 10.1. The number of anilines is 4. The number of amides is 3. The fourth-order valence-electron chi connectivity index (χ4n) is 4.63. The quantitative estimate of drug-likeness (QED) is 0.185. The topological polar surface area (TPSA) is 137 Å².